The Hall–Kier alpha value is -3.41. The summed E-state index contributed by atoms with van der Waals surface area (Å²) in [6.45, 7) is 2.77. The number of carbonyl (C=O) groups is 3. The molecule has 0 aromatic carbocycles. The van der Waals surface area contributed by atoms with Gasteiger partial charge < -0.3 is 44.6 Å². The number of carbonyl (C=O) groups excluding carboxylic acids is 3. The van der Waals surface area contributed by atoms with E-state index < -0.39 is 83.5 Å². The third kappa shape index (κ3) is 34.0. The summed E-state index contributed by atoms with van der Waals surface area (Å²) in [4.78, 5) is 66.1. The number of hydrogen-bond donors (Lipinski definition) is 7. The molecule has 398 valence electrons. The second-order valence-corrected chi connectivity index (χ2v) is 19.4. The first-order valence-corrected chi connectivity index (χ1v) is 27.8. The van der Waals surface area contributed by atoms with Crippen molar-refractivity contribution in [3.05, 3.63) is 97.2 Å². The summed E-state index contributed by atoms with van der Waals surface area (Å²) in [5.74, 6) is -1.21. The van der Waals surface area contributed by atoms with E-state index in [-0.39, 0.29) is 18.6 Å². The Morgan fingerprint density at radius 1 is 0.514 bits per heavy atom. The molecule has 19 heteroatoms. The summed E-state index contributed by atoms with van der Waals surface area (Å²) >= 11 is 0. The van der Waals surface area contributed by atoms with Gasteiger partial charge in [0.2, 0.25) is 0 Å². The summed E-state index contributed by atoms with van der Waals surface area (Å²) in [5.41, 5.74) is 0. The monoisotopic (exact) mass is 1030 g/mol. The number of phosphoric ester groups is 2. The third-order valence-electron chi connectivity index (χ3n) is 10.6. The molecule has 0 aromatic rings. The number of rotatable bonds is 40. The highest BCUT2D eigenvalue weighted by molar-refractivity contribution is 7.47. The van der Waals surface area contributed by atoms with Gasteiger partial charge in [-0.05, 0) is 83.1 Å². The molecule has 17 nitrogen and oxygen atoms in total. The van der Waals surface area contributed by atoms with E-state index in [1.807, 2.05) is 36.5 Å². The van der Waals surface area contributed by atoms with Crippen molar-refractivity contribution in [1.82, 2.24) is 0 Å². The van der Waals surface area contributed by atoms with E-state index >= 15 is 0 Å². The summed E-state index contributed by atoms with van der Waals surface area (Å²) in [5, 5.41) is 41.3. The van der Waals surface area contributed by atoms with Crippen LogP contribution in [0.5, 0.6) is 0 Å². The molecule has 0 amide bonds. The number of allylic oxidation sites excluding steroid dienone is 16. The average Bonchev–Trinajstić information content (AvgIpc) is 3.31. The number of hydrogen-bond acceptors (Lipinski definition) is 14. The van der Waals surface area contributed by atoms with Crippen LogP contribution in [0.15, 0.2) is 97.2 Å². The molecule has 1 aliphatic rings. The minimum Gasteiger partial charge on any atom is -0.462 e. The lowest BCUT2D eigenvalue weighted by Gasteiger charge is -2.43. The molecular formula is C51H82O17P2. The van der Waals surface area contributed by atoms with Crippen molar-refractivity contribution >= 4 is 33.4 Å². The van der Waals surface area contributed by atoms with Crippen LogP contribution in [0.25, 0.3) is 0 Å². The lowest BCUT2D eigenvalue weighted by Crippen LogP contribution is -2.64. The number of unbranched alkanes of at least 4 members (excludes halogenated alkanes) is 9. The summed E-state index contributed by atoms with van der Waals surface area (Å²) in [6.07, 6.45) is 33.4. The lowest BCUT2D eigenvalue weighted by atomic mass is 9.85. The Labute approximate surface area is 415 Å². The Morgan fingerprint density at radius 2 is 1.01 bits per heavy atom. The maximum atomic E-state index is 13.0. The number of ketones is 1. The van der Waals surface area contributed by atoms with Gasteiger partial charge in [-0.25, -0.2) is 9.13 Å². The predicted octanol–water partition coefficient (Wildman–Crippen LogP) is 9.13. The van der Waals surface area contributed by atoms with E-state index in [1.165, 1.54) is 0 Å². The second kappa shape index (κ2) is 40.1. The molecule has 1 saturated carbocycles. The van der Waals surface area contributed by atoms with Gasteiger partial charge in [0.05, 0.1) is 6.61 Å². The van der Waals surface area contributed by atoms with E-state index in [1.54, 1.807) is 12.2 Å². The number of aliphatic hydroxyl groups excluding tert-OH is 4. The Morgan fingerprint density at radius 3 is 1.60 bits per heavy atom. The van der Waals surface area contributed by atoms with E-state index in [0.29, 0.717) is 38.5 Å². The normalized spacial score (nSPS) is 21.7. The van der Waals surface area contributed by atoms with Crippen molar-refractivity contribution in [2.45, 2.75) is 191 Å². The standard InChI is InChI=1S/C51H82O17P2/c1-3-5-7-8-9-10-11-12-13-14-15-16-17-18-21-24-27-30-34-38-44(53)64-40-43(41-65-70(62,63)68-51-48(57)46(55)47(56)50(49(51)58)67-69(59,60)61)66-45(54)39-35-31-28-25-22-19-20-23-26-29-33-37-42(52)36-32-6-4-2/h5,7,9-10,12-13,15-16,19-20,25-26,28-29,33,37,43,46-51,55-58H,3-4,6,8,11,14,17-18,21-24,27,30-32,34-36,38-41H2,1-2H3,(H,62,63)(H2,59,60,61)/b7-5-,10-9-,13-12-,16-15-,20-19-,28-25-,29-26-,37-33+/t43-,46?,47?,48?,49?,50-,51+/m1/s1. The lowest BCUT2D eigenvalue weighted by molar-refractivity contribution is -0.216. The molecule has 0 aliphatic heterocycles. The molecule has 0 heterocycles. The number of aliphatic hydroxyl groups is 4. The van der Waals surface area contributed by atoms with Gasteiger partial charge >= 0.3 is 27.6 Å². The topological polar surface area (TPSA) is 273 Å². The first kappa shape index (κ1) is 64.6. The van der Waals surface area contributed by atoms with Crippen LogP contribution in [-0.4, -0.2) is 109 Å². The highest BCUT2D eigenvalue weighted by atomic mass is 31.2. The van der Waals surface area contributed by atoms with Gasteiger partial charge in [0.1, 0.15) is 43.2 Å². The molecule has 0 aromatic heterocycles. The molecule has 0 radical (unpaired) electrons. The minimum atomic E-state index is -5.39. The molecule has 5 unspecified atom stereocenters. The molecule has 1 rings (SSSR count). The molecule has 70 heavy (non-hydrogen) atoms. The van der Waals surface area contributed by atoms with Crippen LogP contribution in [0, 0.1) is 0 Å². The highest BCUT2D eigenvalue weighted by Crippen LogP contribution is 2.49. The van der Waals surface area contributed by atoms with Crippen molar-refractivity contribution in [2.24, 2.45) is 0 Å². The van der Waals surface area contributed by atoms with E-state index in [2.05, 4.69) is 67.0 Å². The van der Waals surface area contributed by atoms with Crippen molar-refractivity contribution in [3.63, 3.8) is 0 Å². The SMILES string of the molecule is CC/C=C\C/C=C\C/C=C\C/C=C\CCCCCCCCC(=O)OC[C@H](COP(=O)(O)O[C@H]1C(O)C(O)C(O)[C@@H](OP(=O)(O)O)C1O)OC(=O)CCC/C=C\C/C=C\C/C=C\C=C\C(=O)CCCCC. The van der Waals surface area contributed by atoms with E-state index in [0.717, 1.165) is 83.5 Å². The van der Waals surface area contributed by atoms with Gasteiger partial charge in [-0.3, -0.25) is 28.0 Å². The van der Waals surface area contributed by atoms with Crippen molar-refractivity contribution in [2.75, 3.05) is 13.2 Å². The molecule has 1 aliphatic carbocycles. The zero-order valence-electron chi connectivity index (χ0n) is 41.1. The molecule has 7 N–H and O–H groups in total. The van der Waals surface area contributed by atoms with Gasteiger partial charge in [0.25, 0.3) is 0 Å². The minimum absolute atomic E-state index is 0.0671. The average molecular weight is 1030 g/mol. The van der Waals surface area contributed by atoms with Gasteiger partial charge in [0.15, 0.2) is 11.9 Å². The van der Waals surface area contributed by atoms with Gasteiger partial charge in [-0.2, -0.15) is 0 Å². The van der Waals surface area contributed by atoms with Crippen LogP contribution in [0.3, 0.4) is 0 Å². The van der Waals surface area contributed by atoms with Crippen LogP contribution < -0.4 is 0 Å². The zero-order valence-corrected chi connectivity index (χ0v) is 42.9. The van der Waals surface area contributed by atoms with Crippen LogP contribution >= 0.6 is 15.6 Å². The molecule has 1 fully saturated rings. The molecule has 0 saturated heterocycles. The van der Waals surface area contributed by atoms with Crippen LogP contribution in [0.4, 0.5) is 0 Å². The van der Waals surface area contributed by atoms with Gasteiger partial charge in [-0.1, -0.05) is 144 Å². The van der Waals surface area contributed by atoms with E-state index in [9.17, 15) is 58.6 Å². The summed E-state index contributed by atoms with van der Waals surface area (Å²) in [7, 11) is -10.7. The van der Waals surface area contributed by atoms with Crippen molar-refractivity contribution < 1.29 is 81.7 Å². The summed E-state index contributed by atoms with van der Waals surface area (Å²) in [6, 6.07) is 0. The molecule has 0 spiro atoms. The fourth-order valence-corrected chi connectivity index (χ4v) is 8.33. The van der Waals surface area contributed by atoms with Crippen LogP contribution in [0.2, 0.25) is 0 Å². The fraction of sp³-hybridized carbons (Fsp3) is 0.627. The fourth-order valence-electron chi connectivity index (χ4n) is 6.79. The van der Waals surface area contributed by atoms with Gasteiger partial charge in [-0.15, -0.1) is 0 Å². The number of ether oxygens (including phenoxy) is 2. The van der Waals surface area contributed by atoms with Crippen LogP contribution in [-0.2, 0) is 46.6 Å². The largest absolute Gasteiger partial charge is 0.472 e. The smallest absolute Gasteiger partial charge is 0.462 e. The number of esters is 2. The van der Waals surface area contributed by atoms with Gasteiger partial charge in [0, 0.05) is 19.3 Å². The van der Waals surface area contributed by atoms with Crippen molar-refractivity contribution in [3.8, 4) is 0 Å². The summed E-state index contributed by atoms with van der Waals surface area (Å²) < 4.78 is 49.3. The Bertz CT molecular complexity index is 1780. The molecule has 8 atom stereocenters. The molecule has 0 bridgehead atoms. The van der Waals surface area contributed by atoms with E-state index in [4.69, 9.17) is 18.5 Å². The second-order valence-electron chi connectivity index (χ2n) is 16.8. The quantitative estimate of drug-likeness (QED) is 0.00752. The number of phosphoric acid groups is 2. The third-order valence-corrected chi connectivity index (χ3v) is 12.1. The first-order chi connectivity index (χ1) is 33.5. The first-order valence-electron chi connectivity index (χ1n) is 24.7. The molecular weight excluding hydrogens is 946 g/mol. The van der Waals surface area contributed by atoms with Crippen LogP contribution in [0.1, 0.15) is 149 Å². The highest BCUT2D eigenvalue weighted by Gasteiger charge is 2.54. The maximum Gasteiger partial charge on any atom is 0.472 e. The maximum absolute atomic E-state index is 13.0. The Kier molecular flexibility index (Phi) is 37.0. The predicted molar refractivity (Wildman–Crippen MR) is 269 cm³/mol. The zero-order chi connectivity index (χ0) is 51.9. The Balaban J connectivity index is 2.64. The van der Waals surface area contributed by atoms with Crippen molar-refractivity contribution in [1.29, 1.82) is 0 Å².